The number of aliphatic carboxylic acids is 1. The molecule has 5 nitrogen and oxygen atoms in total. The van der Waals surface area contributed by atoms with Gasteiger partial charge in [-0.2, -0.15) is 0 Å². The van der Waals surface area contributed by atoms with Crippen LogP contribution in [-0.2, 0) is 4.79 Å². The van der Waals surface area contributed by atoms with Gasteiger partial charge in [-0.05, 0) is 31.1 Å². The molecule has 1 saturated carbocycles. The third kappa shape index (κ3) is 4.35. The summed E-state index contributed by atoms with van der Waals surface area (Å²) < 4.78 is 0. The predicted octanol–water partition coefficient (Wildman–Crippen LogP) is 2.85. The molecule has 2 fully saturated rings. The molecule has 5 heteroatoms. The van der Waals surface area contributed by atoms with E-state index in [0.717, 1.165) is 51.6 Å². The zero-order valence-electron chi connectivity index (χ0n) is 13.2. The molecule has 2 rings (SSSR count). The Morgan fingerprint density at radius 2 is 1.71 bits per heavy atom. The van der Waals surface area contributed by atoms with Gasteiger partial charge < -0.3 is 15.3 Å². The molecule has 0 spiro atoms. The quantitative estimate of drug-likeness (QED) is 0.770. The summed E-state index contributed by atoms with van der Waals surface area (Å²) in [5.74, 6) is -1.21. The average molecular weight is 296 g/mol. The van der Waals surface area contributed by atoms with Crippen LogP contribution in [0.25, 0.3) is 0 Å². The molecule has 0 aromatic carbocycles. The molecule has 0 aromatic heterocycles. The number of hydrogen-bond acceptors (Lipinski definition) is 2. The smallest absolute Gasteiger partial charge is 0.317 e. The van der Waals surface area contributed by atoms with Crippen LogP contribution in [-0.4, -0.2) is 41.1 Å². The molecule has 120 valence electrons. The highest BCUT2D eigenvalue weighted by atomic mass is 16.4. The monoisotopic (exact) mass is 296 g/mol. The highest BCUT2D eigenvalue weighted by Crippen LogP contribution is 2.30. The first-order valence-electron chi connectivity index (χ1n) is 8.17. The number of likely N-dealkylation sites (tertiary alicyclic amines) is 1. The number of rotatable bonds is 2. The van der Waals surface area contributed by atoms with Crippen molar-refractivity contribution < 1.29 is 14.7 Å². The molecular formula is C16H28N2O3. The van der Waals surface area contributed by atoms with Crippen LogP contribution in [0.5, 0.6) is 0 Å². The summed E-state index contributed by atoms with van der Waals surface area (Å²) in [6.07, 6.45) is 6.48. The van der Waals surface area contributed by atoms with E-state index in [1.165, 1.54) is 0 Å². The van der Waals surface area contributed by atoms with E-state index in [0.29, 0.717) is 11.8 Å². The van der Waals surface area contributed by atoms with E-state index in [1.807, 2.05) is 4.90 Å². The summed E-state index contributed by atoms with van der Waals surface area (Å²) in [5.41, 5.74) is 0.308. The summed E-state index contributed by atoms with van der Waals surface area (Å²) >= 11 is 0. The Labute approximate surface area is 127 Å². The fourth-order valence-corrected chi connectivity index (χ4v) is 3.34. The van der Waals surface area contributed by atoms with Gasteiger partial charge in [0.25, 0.3) is 0 Å². The second-order valence-corrected chi connectivity index (χ2v) is 7.29. The third-order valence-electron chi connectivity index (χ3n) is 5.05. The molecule has 2 N–H and O–H groups in total. The number of carboxylic acid groups (broad SMARTS) is 1. The Hall–Kier alpha value is -1.26. The van der Waals surface area contributed by atoms with Gasteiger partial charge in [0.05, 0.1) is 5.92 Å². The Morgan fingerprint density at radius 1 is 1.10 bits per heavy atom. The first-order chi connectivity index (χ1) is 9.89. The number of hydrogen-bond donors (Lipinski definition) is 2. The van der Waals surface area contributed by atoms with E-state index < -0.39 is 11.9 Å². The van der Waals surface area contributed by atoms with Crippen molar-refractivity contribution in [2.45, 2.75) is 64.8 Å². The van der Waals surface area contributed by atoms with Crippen molar-refractivity contribution in [3.8, 4) is 0 Å². The van der Waals surface area contributed by atoms with Gasteiger partial charge >= 0.3 is 12.0 Å². The maximum atomic E-state index is 12.4. The molecule has 0 bridgehead atoms. The zero-order valence-corrected chi connectivity index (χ0v) is 13.2. The molecule has 2 unspecified atom stereocenters. The number of carbonyl (C=O) groups is 2. The molecule has 1 saturated heterocycles. The van der Waals surface area contributed by atoms with E-state index in [9.17, 15) is 14.7 Å². The van der Waals surface area contributed by atoms with Crippen molar-refractivity contribution in [2.75, 3.05) is 13.1 Å². The lowest BCUT2D eigenvalue weighted by Gasteiger charge is -2.37. The molecular weight excluding hydrogens is 268 g/mol. The highest BCUT2D eigenvalue weighted by Gasteiger charge is 2.33. The van der Waals surface area contributed by atoms with Gasteiger partial charge in [-0.3, -0.25) is 4.79 Å². The molecule has 0 aromatic rings. The predicted molar refractivity (Wildman–Crippen MR) is 81.1 cm³/mol. The lowest BCUT2D eigenvalue weighted by atomic mass is 9.83. The van der Waals surface area contributed by atoms with Crippen molar-refractivity contribution in [1.82, 2.24) is 10.2 Å². The maximum absolute atomic E-state index is 12.4. The summed E-state index contributed by atoms with van der Waals surface area (Å²) in [7, 11) is 0. The summed E-state index contributed by atoms with van der Waals surface area (Å²) in [4.78, 5) is 25.6. The Bertz CT molecular complexity index is 385. The highest BCUT2D eigenvalue weighted by molar-refractivity contribution is 5.77. The van der Waals surface area contributed by atoms with Crippen LogP contribution < -0.4 is 5.32 Å². The van der Waals surface area contributed by atoms with Crippen LogP contribution in [0.4, 0.5) is 4.79 Å². The Balaban J connectivity index is 1.92. The Kier molecular flexibility index (Phi) is 5.12. The topological polar surface area (TPSA) is 69.6 Å². The van der Waals surface area contributed by atoms with Crippen molar-refractivity contribution >= 4 is 12.0 Å². The largest absolute Gasteiger partial charge is 0.481 e. The normalized spacial score (nSPS) is 29.5. The van der Waals surface area contributed by atoms with E-state index >= 15 is 0 Å². The minimum atomic E-state index is -0.776. The van der Waals surface area contributed by atoms with Gasteiger partial charge in [0, 0.05) is 19.1 Å². The van der Waals surface area contributed by atoms with E-state index in [-0.39, 0.29) is 12.1 Å². The number of carbonyl (C=O) groups excluding carboxylic acids is 1. The molecule has 0 radical (unpaired) electrons. The standard InChI is InChI=1S/C16H28N2O3/c1-16(2)8-10-18(11-9-16)15(21)17-13-7-5-3-4-6-12(13)14(19)20/h12-13H,3-11H2,1-2H3,(H,17,21)(H,19,20). The summed E-state index contributed by atoms with van der Waals surface area (Å²) in [6.45, 7) is 5.99. The van der Waals surface area contributed by atoms with Gasteiger partial charge in [0.2, 0.25) is 0 Å². The number of amides is 2. The van der Waals surface area contributed by atoms with Crippen LogP contribution in [0.2, 0.25) is 0 Å². The molecule has 1 aliphatic heterocycles. The summed E-state index contributed by atoms with van der Waals surface area (Å²) in [5, 5.41) is 12.4. The number of urea groups is 1. The number of nitrogens with zero attached hydrogens (tertiary/aromatic N) is 1. The molecule has 1 heterocycles. The fraction of sp³-hybridized carbons (Fsp3) is 0.875. The van der Waals surface area contributed by atoms with Crippen LogP contribution in [0, 0.1) is 11.3 Å². The maximum Gasteiger partial charge on any atom is 0.317 e. The van der Waals surface area contributed by atoms with Crippen LogP contribution in [0.1, 0.15) is 58.8 Å². The minimum absolute atomic E-state index is 0.0800. The van der Waals surface area contributed by atoms with Gasteiger partial charge in [-0.1, -0.05) is 33.1 Å². The second-order valence-electron chi connectivity index (χ2n) is 7.29. The van der Waals surface area contributed by atoms with Crippen LogP contribution >= 0.6 is 0 Å². The lowest BCUT2D eigenvalue weighted by molar-refractivity contribution is -0.142. The van der Waals surface area contributed by atoms with Crippen molar-refractivity contribution in [2.24, 2.45) is 11.3 Å². The van der Waals surface area contributed by atoms with Crippen molar-refractivity contribution in [3.63, 3.8) is 0 Å². The molecule has 2 atom stereocenters. The number of nitrogens with one attached hydrogen (secondary N) is 1. The van der Waals surface area contributed by atoms with E-state index in [2.05, 4.69) is 19.2 Å². The van der Waals surface area contributed by atoms with Crippen LogP contribution in [0.15, 0.2) is 0 Å². The van der Waals surface area contributed by atoms with Gasteiger partial charge in [-0.25, -0.2) is 4.79 Å². The average Bonchev–Trinajstić information content (AvgIpc) is 2.64. The van der Waals surface area contributed by atoms with Gasteiger partial charge in [-0.15, -0.1) is 0 Å². The van der Waals surface area contributed by atoms with Crippen molar-refractivity contribution in [1.29, 1.82) is 0 Å². The van der Waals surface area contributed by atoms with Gasteiger partial charge in [0.1, 0.15) is 0 Å². The SMILES string of the molecule is CC1(C)CCN(C(=O)NC2CCCCCC2C(=O)O)CC1. The zero-order chi connectivity index (χ0) is 15.5. The first kappa shape index (κ1) is 16.1. The third-order valence-corrected chi connectivity index (χ3v) is 5.05. The number of piperidine rings is 1. The molecule has 21 heavy (non-hydrogen) atoms. The van der Waals surface area contributed by atoms with Crippen LogP contribution in [0.3, 0.4) is 0 Å². The number of carboxylic acids is 1. The van der Waals surface area contributed by atoms with E-state index in [4.69, 9.17) is 0 Å². The molecule has 2 aliphatic rings. The second kappa shape index (κ2) is 6.67. The first-order valence-corrected chi connectivity index (χ1v) is 8.17. The molecule has 1 aliphatic carbocycles. The van der Waals surface area contributed by atoms with Gasteiger partial charge in [0.15, 0.2) is 0 Å². The lowest BCUT2D eigenvalue weighted by Crippen LogP contribution is -2.51. The van der Waals surface area contributed by atoms with Crippen molar-refractivity contribution in [3.05, 3.63) is 0 Å². The Morgan fingerprint density at radius 3 is 2.33 bits per heavy atom. The summed E-state index contributed by atoms with van der Waals surface area (Å²) in [6, 6.07) is -0.295. The molecule has 2 amide bonds. The minimum Gasteiger partial charge on any atom is -0.481 e. The van der Waals surface area contributed by atoms with E-state index in [1.54, 1.807) is 0 Å². The fourth-order valence-electron chi connectivity index (χ4n) is 3.34.